The molecule has 1 aliphatic rings. The number of aliphatic imine (C=N–C) groups is 2. The average molecular weight is 577 g/mol. The Morgan fingerprint density at radius 2 is 1.00 bits per heavy atom. The summed E-state index contributed by atoms with van der Waals surface area (Å²) in [6.45, 7) is 0. The minimum absolute atomic E-state index is 0.405. The molecule has 212 valence electrons. The second-order valence-corrected chi connectivity index (χ2v) is 11.5. The molecule has 0 unspecified atom stereocenters. The molecule has 4 nitrogen and oxygen atoms in total. The quantitative estimate of drug-likeness (QED) is 0.223. The summed E-state index contributed by atoms with van der Waals surface area (Å²) in [5, 5.41) is 10.8. The van der Waals surface area contributed by atoms with E-state index >= 15 is 0 Å². The Hall–Kier alpha value is -6.00. The van der Waals surface area contributed by atoms with Crippen molar-refractivity contribution < 1.29 is 0 Å². The molecule has 0 bridgehead atoms. The summed E-state index contributed by atoms with van der Waals surface area (Å²) in [5.74, 6) is 1.63. The molecule has 7 aromatic carbocycles. The maximum absolute atomic E-state index is 5.19. The van der Waals surface area contributed by atoms with E-state index < -0.39 is 6.17 Å². The summed E-state index contributed by atoms with van der Waals surface area (Å²) < 4.78 is 2.42. The van der Waals surface area contributed by atoms with Crippen molar-refractivity contribution in [1.29, 1.82) is 0 Å². The smallest absolute Gasteiger partial charge is 0.170 e. The van der Waals surface area contributed by atoms with Crippen LogP contribution in [0.3, 0.4) is 0 Å². The summed E-state index contributed by atoms with van der Waals surface area (Å²) in [4.78, 5) is 10.4. The lowest BCUT2D eigenvalue weighted by molar-refractivity contribution is 0.762. The minimum Gasteiger partial charge on any atom is -0.324 e. The van der Waals surface area contributed by atoms with E-state index in [1.54, 1.807) is 0 Å². The number of hydrogen-bond donors (Lipinski definition) is 1. The molecule has 0 radical (unpaired) electrons. The summed E-state index contributed by atoms with van der Waals surface area (Å²) in [6, 6.07) is 55.7. The molecular formula is C41H28N4. The van der Waals surface area contributed by atoms with Crippen molar-refractivity contribution in [2.24, 2.45) is 9.98 Å². The van der Waals surface area contributed by atoms with Gasteiger partial charge in [-0.05, 0) is 40.4 Å². The minimum atomic E-state index is -0.405. The van der Waals surface area contributed by atoms with Crippen molar-refractivity contribution in [1.82, 2.24) is 9.88 Å². The standard InChI is InChI=1S/C41H28N4/c1-3-13-27(14-4-1)39-42-40(28-15-5-2-6-16-28)44-41(43-39)34-23-24-37(32-20-10-9-19-31(32)34)45-36-22-12-11-21-33(36)35-25-29-17-7-8-18-30(29)26-38(35)45/h1-26,41H,(H,42,43,44). The van der Waals surface area contributed by atoms with Crippen molar-refractivity contribution in [3.05, 3.63) is 174 Å². The molecule has 0 saturated carbocycles. The maximum atomic E-state index is 5.19. The lowest BCUT2D eigenvalue weighted by Crippen LogP contribution is -2.36. The Balaban J connectivity index is 1.28. The highest BCUT2D eigenvalue weighted by molar-refractivity contribution is 6.17. The van der Waals surface area contributed by atoms with Gasteiger partial charge in [-0.25, -0.2) is 9.98 Å². The first kappa shape index (κ1) is 25.5. The van der Waals surface area contributed by atoms with Crippen LogP contribution in [0.4, 0.5) is 0 Å². The van der Waals surface area contributed by atoms with E-state index in [9.17, 15) is 0 Å². The van der Waals surface area contributed by atoms with Gasteiger partial charge in [-0.1, -0.05) is 133 Å². The van der Waals surface area contributed by atoms with E-state index in [1.165, 1.54) is 32.6 Å². The first-order valence-corrected chi connectivity index (χ1v) is 15.3. The zero-order chi connectivity index (χ0) is 29.7. The molecule has 9 rings (SSSR count). The van der Waals surface area contributed by atoms with E-state index in [0.717, 1.165) is 44.8 Å². The molecule has 4 heteroatoms. The highest BCUT2D eigenvalue weighted by Gasteiger charge is 2.23. The van der Waals surface area contributed by atoms with Crippen LogP contribution in [0.5, 0.6) is 0 Å². The van der Waals surface area contributed by atoms with E-state index in [1.807, 2.05) is 36.4 Å². The fourth-order valence-electron chi connectivity index (χ4n) is 6.72. The van der Waals surface area contributed by atoms with Crippen LogP contribution >= 0.6 is 0 Å². The average Bonchev–Trinajstić information content (AvgIpc) is 3.43. The van der Waals surface area contributed by atoms with Crippen LogP contribution < -0.4 is 5.32 Å². The molecule has 1 aromatic heterocycles. The number of para-hydroxylation sites is 1. The molecule has 0 amide bonds. The van der Waals surface area contributed by atoms with Crippen molar-refractivity contribution in [2.75, 3.05) is 0 Å². The van der Waals surface area contributed by atoms with Crippen molar-refractivity contribution in [3.63, 3.8) is 0 Å². The highest BCUT2D eigenvalue weighted by atomic mass is 15.2. The van der Waals surface area contributed by atoms with Gasteiger partial charge in [-0.15, -0.1) is 0 Å². The van der Waals surface area contributed by atoms with Gasteiger partial charge in [-0.3, -0.25) is 0 Å². The topological polar surface area (TPSA) is 41.7 Å². The van der Waals surface area contributed by atoms with Gasteiger partial charge < -0.3 is 9.88 Å². The molecule has 0 fully saturated rings. The number of nitrogens with zero attached hydrogens (tertiary/aromatic N) is 3. The van der Waals surface area contributed by atoms with Gasteiger partial charge >= 0.3 is 0 Å². The molecule has 1 aliphatic heterocycles. The van der Waals surface area contributed by atoms with E-state index in [2.05, 4.69) is 131 Å². The van der Waals surface area contributed by atoms with E-state index in [4.69, 9.17) is 9.98 Å². The molecule has 0 spiro atoms. The Labute approximate surface area is 260 Å². The molecule has 0 atom stereocenters. The lowest BCUT2D eigenvalue weighted by Gasteiger charge is -2.24. The zero-order valence-electron chi connectivity index (χ0n) is 24.4. The number of hydrogen-bond acceptors (Lipinski definition) is 3. The van der Waals surface area contributed by atoms with Crippen LogP contribution in [0.15, 0.2) is 168 Å². The molecule has 0 aliphatic carbocycles. The van der Waals surface area contributed by atoms with Crippen LogP contribution in [0.2, 0.25) is 0 Å². The normalized spacial score (nSPS) is 13.7. The molecule has 2 heterocycles. The third-order valence-corrected chi connectivity index (χ3v) is 8.83. The first-order chi connectivity index (χ1) is 22.3. The zero-order valence-corrected chi connectivity index (χ0v) is 24.4. The van der Waals surface area contributed by atoms with E-state index in [0.29, 0.717) is 0 Å². The van der Waals surface area contributed by atoms with Crippen LogP contribution in [-0.2, 0) is 0 Å². The molecular weight excluding hydrogens is 548 g/mol. The van der Waals surface area contributed by atoms with Crippen LogP contribution in [-0.4, -0.2) is 16.2 Å². The molecule has 8 aromatic rings. The summed E-state index contributed by atoms with van der Waals surface area (Å²) in [6.07, 6.45) is -0.405. The predicted molar refractivity (Wildman–Crippen MR) is 188 cm³/mol. The Morgan fingerprint density at radius 3 is 1.69 bits per heavy atom. The lowest BCUT2D eigenvalue weighted by atomic mass is 10.00. The van der Waals surface area contributed by atoms with Gasteiger partial charge in [0.25, 0.3) is 0 Å². The fourth-order valence-corrected chi connectivity index (χ4v) is 6.72. The largest absolute Gasteiger partial charge is 0.324 e. The van der Waals surface area contributed by atoms with Gasteiger partial charge in [0.1, 0.15) is 11.7 Å². The van der Waals surface area contributed by atoms with Crippen LogP contribution in [0.25, 0.3) is 49.0 Å². The number of aromatic nitrogens is 1. The van der Waals surface area contributed by atoms with Gasteiger partial charge in [0.15, 0.2) is 6.17 Å². The number of rotatable bonds is 4. The summed E-state index contributed by atoms with van der Waals surface area (Å²) in [7, 11) is 0. The Bertz CT molecular complexity index is 2400. The van der Waals surface area contributed by atoms with Crippen molar-refractivity contribution in [2.45, 2.75) is 6.17 Å². The number of amidine groups is 2. The molecule has 45 heavy (non-hydrogen) atoms. The Morgan fingerprint density at radius 1 is 0.444 bits per heavy atom. The molecule has 0 saturated heterocycles. The summed E-state index contributed by atoms with van der Waals surface area (Å²) in [5.41, 5.74) is 6.67. The van der Waals surface area contributed by atoms with Gasteiger partial charge in [0.05, 0.1) is 16.7 Å². The van der Waals surface area contributed by atoms with Gasteiger partial charge in [0, 0.05) is 32.8 Å². The number of nitrogens with one attached hydrogen (secondary N) is 1. The van der Waals surface area contributed by atoms with Crippen molar-refractivity contribution >= 4 is 55.0 Å². The van der Waals surface area contributed by atoms with Crippen molar-refractivity contribution in [3.8, 4) is 5.69 Å². The monoisotopic (exact) mass is 576 g/mol. The Kier molecular flexibility index (Phi) is 5.85. The predicted octanol–water partition coefficient (Wildman–Crippen LogP) is 9.59. The van der Waals surface area contributed by atoms with Gasteiger partial charge in [0.2, 0.25) is 0 Å². The maximum Gasteiger partial charge on any atom is 0.170 e. The second kappa shape index (κ2) is 10.3. The van der Waals surface area contributed by atoms with Crippen LogP contribution in [0.1, 0.15) is 22.9 Å². The molecule has 1 N–H and O–H groups in total. The number of benzene rings is 7. The first-order valence-electron chi connectivity index (χ1n) is 15.3. The fraction of sp³-hybridized carbons (Fsp3) is 0.0244. The number of fused-ring (bicyclic) bond motifs is 5. The SMILES string of the molecule is c1ccc(C2=NC(c3ccc(-n4c5ccccc5c5cc6ccccc6cc54)c4ccccc34)N=C(c3ccccc3)N2)cc1. The van der Waals surface area contributed by atoms with Gasteiger partial charge in [-0.2, -0.15) is 0 Å². The summed E-state index contributed by atoms with van der Waals surface area (Å²) >= 11 is 0. The third-order valence-electron chi connectivity index (χ3n) is 8.83. The van der Waals surface area contributed by atoms with E-state index in [-0.39, 0.29) is 0 Å². The highest BCUT2D eigenvalue weighted by Crippen LogP contribution is 2.39. The van der Waals surface area contributed by atoms with Crippen LogP contribution in [0, 0.1) is 0 Å². The third kappa shape index (κ3) is 4.22. The second-order valence-electron chi connectivity index (χ2n) is 11.5.